The number of aliphatic hydroxyl groups is 1. The number of fused-ring (bicyclic) bond motifs is 1. The van der Waals surface area contributed by atoms with E-state index in [1.165, 1.54) is 11.3 Å². The van der Waals surface area contributed by atoms with Gasteiger partial charge in [0.25, 0.3) is 0 Å². The molecule has 3 aromatic heterocycles. The molecule has 1 saturated heterocycles. The van der Waals surface area contributed by atoms with E-state index in [4.69, 9.17) is 14.5 Å². The van der Waals surface area contributed by atoms with Crippen LogP contribution in [0.5, 0.6) is 0 Å². The molecule has 13 heteroatoms. The van der Waals surface area contributed by atoms with Crippen LogP contribution < -0.4 is 10.2 Å². The molecular formula is C31H47N7O5S. The molecule has 1 fully saturated rings. The van der Waals surface area contributed by atoms with E-state index in [0.717, 1.165) is 16.3 Å². The highest BCUT2D eigenvalue weighted by molar-refractivity contribution is 7.09. The van der Waals surface area contributed by atoms with Gasteiger partial charge in [0.15, 0.2) is 5.65 Å². The maximum Gasteiger partial charge on any atom is 0.416 e. The van der Waals surface area contributed by atoms with Crippen LogP contribution in [-0.4, -0.2) is 78.7 Å². The van der Waals surface area contributed by atoms with E-state index in [-0.39, 0.29) is 18.4 Å². The minimum absolute atomic E-state index is 0.121. The Hall–Kier alpha value is -3.45. The maximum absolute atomic E-state index is 13.8. The van der Waals surface area contributed by atoms with Crippen LogP contribution in [-0.2, 0) is 9.47 Å². The molecule has 1 aliphatic heterocycles. The first-order valence-electron chi connectivity index (χ1n) is 15.2. The number of nitrogens with one attached hydrogen (secondary N) is 1. The highest BCUT2D eigenvalue weighted by Crippen LogP contribution is 2.34. The van der Waals surface area contributed by atoms with Crippen molar-refractivity contribution in [2.45, 2.75) is 105 Å². The number of aromatic nitrogens is 4. The van der Waals surface area contributed by atoms with Crippen LogP contribution >= 0.6 is 11.3 Å². The normalized spacial score (nSPS) is 18.4. The van der Waals surface area contributed by atoms with Crippen molar-refractivity contribution in [3.05, 3.63) is 33.9 Å². The first kappa shape index (κ1) is 33.4. The molecule has 0 radical (unpaired) electrons. The van der Waals surface area contributed by atoms with Crippen LogP contribution in [0.15, 0.2) is 17.6 Å². The predicted octanol–water partition coefficient (Wildman–Crippen LogP) is 6.15. The fourth-order valence-electron chi connectivity index (χ4n) is 5.02. The molecule has 0 aliphatic carbocycles. The Labute approximate surface area is 263 Å². The summed E-state index contributed by atoms with van der Waals surface area (Å²) in [5.74, 6) is 1.03. The van der Waals surface area contributed by atoms with E-state index in [0.29, 0.717) is 36.8 Å². The van der Waals surface area contributed by atoms with E-state index in [9.17, 15) is 14.7 Å². The third-order valence-electron chi connectivity index (χ3n) is 7.24. The zero-order valence-corrected chi connectivity index (χ0v) is 28.4. The average Bonchev–Trinajstić information content (AvgIpc) is 3.52. The Kier molecular flexibility index (Phi) is 9.79. The highest BCUT2D eigenvalue weighted by atomic mass is 32.1. The summed E-state index contributed by atoms with van der Waals surface area (Å²) in [6.45, 7) is 20.0. The van der Waals surface area contributed by atoms with Crippen LogP contribution in [0.4, 0.5) is 21.2 Å². The van der Waals surface area contributed by atoms with Crippen LogP contribution in [0.1, 0.15) is 97.0 Å². The number of anilines is 2. The molecule has 0 bridgehead atoms. The molecule has 12 nitrogen and oxygen atoms in total. The number of hydrogen-bond donors (Lipinski definition) is 2. The summed E-state index contributed by atoms with van der Waals surface area (Å²) in [4.78, 5) is 39.0. The number of hydrogen-bond acceptors (Lipinski definition) is 10. The van der Waals surface area contributed by atoms with Gasteiger partial charge in [-0.05, 0) is 67.7 Å². The average molecular weight is 630 g/mol. The first-order chi connectivity index (χ1) is 20.4. The second kappa shape index (κ2) is 12.9. The van der Waals surface area contributed by atoms with Gasteiger partial charge >= 0.3 is 12.2 Å². The van der Waals surface area contributed by atoms with Crippen molar-refractivity contribution in [3.63, 3.8) is 0 Å². The van der Waals surface area contributed by atoms with Gasteiger partial charge in [-0.3, -0.25) is 4.90 Å². The van der Waals surface area contributed by atoms with Crippen LogP contribution in [0.25, 0.3) is 5.65 Å². The number of nitrogens with zero attached hydrogens (tertiary/aromatic N) is 6. The van der Waals surface area contributed by atoms with Gasteiger partial charge in [0, 0.05) is 41.7 Å². The van der Waals surface area contributed by atoms with Gasteiger partial charge in [0.05, 0.1) is 24.9 Å². The molecule has 2 N–H and O–H groups in total. The van der Waals surface area contributed by atoms with Crippen LogP contribution in [0.3, 0.4) is 0 Å². The summed E-state index contributed by atoms with van der Waals surface area (Å²) in [5.41, 5.74) is 1.10. The third-order valence-corrected chi connectivity index (χ3v) is 8.37. The number of aliphatic hydroxyl groups excluding tert-OH is 1. The van der Waals surface area contributed by atoms with Crippen molar-refractivity contribution in [1.29, 1.82) is 0 Å². The molecular weight excluding hydrogens is 582 g/mol. The Balaban J connectivity index is 1.66. The summed E-state index contributed by atoms with van der Waals surface area (Å²) in [5, 5.41) is 21.7. The smallest absolute Gasteiger partial charge is 0.416 e. The van der Waals surface area contributed by atoms with E-state index in [1.807, 2.05) is 60.8 Å². The lowest BCUT2D eigenvalue weighted by atomic mass is 9.94. The van der Waals surface area contributed by atoms with Gasteiger partial charge in [-0.25, -0.2) is 19.6 Å². The van der Waals surface area contributed by atoms with Crippen molar-refractivity contribution in [2.24, 2.45) is 5.92 Å². The van der Waals surface area contributed by atoms with Gasteiger partial charge < -0.3 is 24.8 Å². The monoisotopic (exact) mass is 629 g/mol. The number of aryl methyl sites for hydroxylation is 1. The van der Waals surface area contributed by atoms with Crippen molar-refractivity contribution in [3.8, 4) is 0 Å². The van der Waals surface area contributed by atoms with Crippen LogP contribution in [0, 0.1) is 12.8 Å². The Morgan fingerprint density at radius 2 is 1.82 bits per heavy atom. The second-order valence-electron chi connectivity index (χ2n) is 13.8. The fraction of sp³-hybridized carbons (Fsp3) is 0.645. The maximum atomic E-state index is 13.8. The van der Waals surface area contributed by atoms with E-state index in [1.54, 1.807) is 26.6 Å². The minimum Gasteiger partial charge on any atom is -0.444 e. The van der Waals surface area contributed by atoms with Crippen molar-refractivity contribution in [2.75, 3.05) is 29.9 Å². The minimum atomic E-state index is -0.736. The van der Waals surface area contributed by atoms with Gasteiger partial charge in [-0.15, -0.1) is 11.3 Å². The molecule has 0 unspecified atom stereocenters. The SMILES string of the molecule is Cc1csc([C@H](C)N(C(=O)OC(C)(C)C)c2cc(NC[C@H]3CCN(C(=O)OC(C)(C)C)C[C@@H]3O)nc3c(C(C)C)cnn23)n1. The molecule has 4 heterocycles. The highest BCUT2D eigenvalue weighted by Gasteiger charge is 2.34. The van der Waals surface area contributed by atoms with Crippen LogP contribution in [0.2, 0.25) is 0 Å². The lowest BCUT2D eigenvalue weighted by molar-refractivity contribution is -0.0104. The number of piperidine rings is 1. The molecule has 44 heavy (non-hydrogen) atoms. The molecule has 1 aliphatic rings. The number of carbonyl (C=O) groups excluding carboxylic acids is 2. The summed E-state index contributed by atoms with van der Waals surface area (Å²) < 4.78 is 13.0. The Morgan fingerprint density at radius 1 is 1.14 bits per heavy atom. The number of likely N-dealkylation sites (tertiary alicyclic amines) is 1. The topological polar surface area (TPSA) is 134 Å². The molecule has 4 rings (SSSR count). The van der Waals surface area contributed by atoms with Gasteiger partial charge in [-0.1, -0.05) is 13.8 Å². The Bertz CT molecular complexity index is 1470. The molecule has 0 aromatic carbocycles. The first-order valence-corrected chi connectivity index (χ1v) is 16.0. The van der Waals surface area contributed by atoms with E-state index < -0.39 is 35.5 Å². The molecule has 3 atom stereocenters. The third kappa shape index (κ3) is 7.98. The number of ether oxygens (including phenoxy) is 2. The molecule has 2 amide bonds. The van der Waals surface area contributed by atoms with Gasteiger partial charge in [0.1, 0.15) is 27.8 Å². The van der Waals surface area contributed by atoms with E-state index in [2.05, 4.69) is 29.2 Å². The molecule has 242 valence electrons. The number of thiazole rings is 1. The second-order valence-corrected chi connectivity index (χ2v) is 14.7. The largest absolute Gasteiger partial charge is 0.444 e. The summed E-state index contributed by atoms with van der Waals surface area (Å²) >= 11 is 1.48. The number of amides is 2. The summed E-state index contributed by atoms with van der Waals surface area (Å²) in [6, 6.07) is 1.33. The van der Waals surface area contributed by atoms with Gasteiger partial charge in [-0.2, -0.15) is 9.61 Å². The summed E-state index contributed by atoms with van der Waals surface area (Å²) in [6.07, 6.45) is 0.689. The van der Waals surface area contributed by atoms with Crippen molar-refractivity contribution >= 4 is 40.8 Å². The predicted molar refractivity (Wildman–Crippen MR) is 171 cm³/mol. The zero-order valence-electron chi connectivity index (χ0n) is 27.5. The van der Waals surface area contributed by atoms with Crippen molar-refractivity contribution in [1.82, 2.24) is 24.5 Å². The number of rotatable bonds is 7. The standard InChI is InChI=1S/C31H47N7O5S/c1-18(2)22-15-33-38-25(37(29(41)43-31(8,9)10)20(4)27-34-19(3)17-44-27)13-24(35-26(22)38)32-14-21-11-12-36(16-23(21)39)28(40)42-30(5,6)7/h13,15,17-18,20-21,23,39H,11-12,14,16H2,1-10H3,(H,32,35)/t20-,21+,23-/m0/s1. The quantitative estimate of drug-likeness (QED) is 0.316. The molecule has 0 saturated carbocycles. The number of β-amino-alcohol motifs (C(OH)–C–C–N with tert-alkyl or cyclic N) is 1. The fourth-order valence-corrected chi connectivity index (χ4v) is 5.86. The van der Waals surface area contributed by atoms with E-state index >= 15 is 0 Å². The van der Waals surface area contributed by atoms with Crippen molar-refractivity contribution < 1.29 is 24.2 Å². The van der Waals surface area contributed by atoms with Gasteiger partial charge in [0.2, 0.25) is 0 Å². The lowest BCUT2D eigenvalue weighted by Gasteiger charge is -2.36. The summed E-state index contributed by atoms with van der Waals surface area (Å²) in [7, 11) is 0. The zero-order chi connectivity index (χ0) is 32.6. The molecule has 3 aromatic rings. The number of carbonyl (C=O) groups is 2. The Morgan fingerprint density at radius 3 is 2.39 bits per heavy atom. The molecule has 0 spiro atoms. The lowest BCUT2D eigenvalue weighted by Crippen LogP contribution is -2.49.